The highest BCUT2D eigenvalue weighted by atomic mass is 16.7. The van der Waals surface area contributed by atoms with Crippen LogP contribution in [-0.2, 0) is 15.9 Å². The van der Waals surface area contributed by atoms with Crippen LogP contribution in [0.4, 0.5) is 4.79 Å². The van der Waals surface area contributed by atoms with E-state index in [0.29, 0.717) is 11.1 Å². The molecule has 2 aromatic rings. The lowest BCUT2D eigenvalue weighted by Crippen LogP contribution is -2.35. The molecule has 29 heavy (non-hydrogen) atoms. The van der Waals surface area contributed by atoms with Gasteiger partial charge in [-0.1, -0.05) is 26.8 Å². The van der Waals surface area contributed by atoms with E-state index in [1.165, 1.54) is 30.3 Å². The molecule has 3 rings (SSSR count). The molecule has 0 aliphatic carbocycles. The predicted octanol–water partition coefficient (Wildman–Crippen LogP) is 3.75. The summed E-state index contributed by atoms with van der Waals surface area (Å²) in [6, 6.07) is 6.62. The van der Waals surface area contributed by atoms with Crippen molar-refractivity contribution in [1.82, 2.24) is 0 Å². The average molecular weight is 404 g/mol. The van der Waals surface area contributed by atoms with E-state index >= 15 is 0 Å². The highest BCUT2D eigenvalue weighted by Crippen LogP contribution is 2.43. The number of carbonyl (C=O) groups excluding carboxylic acids is 1. The molecular weight excluding hydrogens is 380 g/mol. The first kappa shape index (κ1) is 20.4. The first-order valence-corrected chi connectivity index (χ1v) is 9.10. The normalized spacial score (nSPS) is 18.4. The maximum atomic E-state index is 12.2. The largest absolute Gasteiger partial charge is 0.508 e. The molecule has 0 radical (unpaired) electrons. The Bertz CT molecular complexity index is 916. The van der Waals surface area contributed by atoms with Gasteiger partial charge in [0.1, 0.15) is 17.2 Å². The Labute approximate surface area is 167 Å². The number of benzene rings is 2. The van der Waals surface area contributed by atoms with Gasteiger partial charge in [0, 0.05) is 29.7 Å². The van der Waals surface area contributed by atoms with Gasteiger partial charge in [-0.3, -0.25) is 0 Å². The minimum atomic E-state index is -0.886. The van der Waals surface area contributed by atoms with E-state index in [0.717, 1.165) is 0 Å². The lowest BCUT2D eigenvalue weighted by atomic mass is 9.93. The van der Waals surface area contributed by atoms with Crippen LogP contribution in [0, 0.1) is 5.41 Å². The molecule has 8 nitrogen and oxygen atoms in total. The van der Waals surface area contributed by atoms with Gasteiger partial charge in [0.2, 0.25) is 0 Å². The van der Waals surface area contributed by atoms with E-state index in [1.54, 1.807) is 0 Å². The summed E-state index contributed by atoms with van der Waals surface area (Å²) in [7, 11) is 0. The highest BCUT2D eigenvalue weighted by molar-refractivity contribution is 5.61. The van der Waals surface area contributed by atoms with E-state index in [-0.39, 0.29) is 47.2 Å². The Morgan fingerprint density at radius 3 is 2.45 bits per heavy atom. The Balaban J connectivity index is 1.91. The van der Waals surface area contributed by atoms with Crippen molar-refractivity contribution >= 4 is 6.16 Å². The summed E-state index contributed by atoms with van der Waals surface area (Å²) in [5.41, 5.74) is 0.560. The standard InChI is InChI=1S/C21H24O8/c1-21(2,3)10-27-20(26)29-18-9-13-15(24)7-12(22)8-17(13)28-19(18)11-4-5-14(23)16(25)6-11/h4-8,18-19,22-25H,9-10H2,1-3H3/t18-,19-/m1/s1. The molecule has 2 aromatic carbocycles. The average Bonchev–Trinajstić information content (AvgIpc) is 2.62. The van der Waals surface area contributed by atoms with Crippen LogP contribution in [-0.4, -0.2) is 39.3 Å². The van der Waals surface area contributed by atoms with E-state index in [9.17, 15) is 25.2 Å². The van der Waals surface area contributed by atoms with Gasteiger partial charge in [0.05, 0.1) is 6.61 Å². The van der Waals surface area contributed by atoms with Crippen molar-refractivity contribution in [2.24, 2.45) is 5.41 Å². The number of rotatable bonds is 3. The zero-order valence-electron chi connectivity index (χ0n) is 16.4. The molecule has 0 saturated carbocycles. The van der Waals surface area contributed by atoms with Crippen LogP contribution in [0.25, 0.3) is 0 Å². The van der Waals surface area contributed by atoms with E-state index in [4.69, 9.17) is 14.2 Å². The molecule has 8 heteroatoms. The monoisotopic (exact) mass is 404 g/mol. The van der Waals surface area contributed by atoms with Crippen molar-refractivity contribution in [1.29, 1.82) is 0 Å². The van der Waals surface area contributed by atoms with Crippen molar-refractivity contribution in [2.45, 2.75) is 39.4 Å². The molecule has 0 spiro atoms. The fraction of sp³-hybridized carbons (Fsp3) is 0.381. The molecule has 0 bridgehead atoms. The predicted molar refractivity (Wildman–Crippen MR) is 102 cm³/mol. The van der Waals surface area contributed by atoms with Crippen LogP contribution in [0.5, 0.6) is 28.7 Å². The van der Waals surface area contributed by atoms with Crippen molar-refractivity contribution in [2.75, 3.05) is 6.61 Å². The lowest BCUT2D eigenvalue weighted by Gasteiger charge is -2.33. The number of ether oxygens (including phenoxy) is 3. The highest BCUT2D eigenvalue weighted by Gasteiger charge is 2.37. The molecule has 0 amide bonds. The first-order chi connectivity index (χ1) is 13.5. The summed E-state index contributed by atoms with van der Waals surface area (Å²) in [6.45, 7) is 5.88. The zero-order chi connectivity index (χ0) is 21.3. The Kier molecular flexibility index (Phi) is 5.37. The fourth-order valence-electron chi connectivity index (χ4n) is 2.98. The number of aromatic hydroxyl groups is 4. The van der Waals surface area contributed by atoms with Gasteiger partial charge < -0.3 is 34.6 Å². The van der Waals surface area contributed by atoms with E-state index in [2.05, 4.69) is 0 Å². The second kappa shape index (κ2) is 7.62. The maximum absolute atomic E-state index is 12.2. The third-order valence-corrected chi connectivity index (χ3v) is 4.37. The quantitative estimate of drug-likeness (QED) is 0.450. The summed E-state index contributed by atoms with van der Waals surface area (Å²) in [5.74, 6) is -0.809. The van der Waals surface area contributed by atoms with Crippen molar-refractivity contribution in [3.8, 4) is 28.7 Å². The molecule has 1 aliphatic rings. The number of phenols is 4. The zero-order valence-corrected chi connectivity index (χ0v) is 16.4. The SMILES string of the molecule is CC(C)(C)COC(=O)O[C@@H]1Cc2c(O)cc(O)cc2O[C@@H]1c1ccc(O)c(O)c1. The third kappa shape index (κ3) is 4.77. The number of fused-ring (bicyclic) bond motifs is 1. The van der Waals surface area contributed by atoms with Crippen LogP contribution in [0.3, 0.4) is 0 Å². The molecule has 0 saturated heterocycles. The summed E-state index contributed by atoms with van der Waals surface area (Å²) in [6.07, 6.45) is -2.53. The number of hydrogen-bond acceptors (Lipinski definition) is 8. The Hall–Kier alpha value is -3.29. The summed E-state index contributed by atoms with van der Waals surface area (Å²) in [4.78, 5) is 12.2. The minimum absolute atomic E-state index is 0.0956. The molecule has 0 fully saturated rings. The second-order valence-corrected chi connectivity index (χ2v) is 8.19. The van der Waals surface area contributed by atoms with Crippen LogP contribution in [0.15, 0.2) is 30.3 Å². The molecule has 0 aromatic heterocycles. The fourth-order valence-corrected chi connectivity index (χ4v) is 2.98. The van der Waals surface area contributed by atoms with Crippen molar-refractivity contribution in [3.05, 3.63) is 41.5 Å². The molecule has 2 atom stereocenters. The minimum Gasteiger partial charge on any atom is -0.508 e. The van der Waals surface area contributed by atoms with Gasteiger partial charge in [0.25, 0.3) is 0 Å². The van der Waals surface area contributed by atoms with Crippen LogP contribution >= 0.6 is 0 Å². The summed E-state index contributed by atoms with van der Waals surface area (Å²) < 4.78 is 16.5. The van der Waals surface area contributed by atoms with Crippen molar-refractivity contribution < 1.29 is 39.4 Å². The van der Waals surface area contributed by atoms with Crippen LogP contribution < -0.4 is 4.74 Å². The lowest BCUT2D eigenvalue weighted by molar-refractivity contribution is -0.0397. The van der Waals surface area contributed by atoms with E-state index in [1.807, 2.05) is 20.8 Å². The molecule has 1 aliphatic heterocycles. The van der Waals surface area contributed by atoms with Gasteiger partial charge in [-0.2, -0.15) is 0 Å². The van der Waals surface area contributed by atoms with Crippen LogP contribution in [0.2, 0.25) is 0 Å². The van der Waals surface area contributed by atoms with E-state index < -0.39 is 18.4 Å². The summed E-state index contributed by atoms with van der Waals surface area (Å²) in [5, 5.41) is 39.3. The Morgan fingerprint density at radius 2 is 1.79 bits per heavy atom. The van der Waals surface area contributed by atoms with Crippen LogP contribution in [0.1, 0.15) is 38.0 Å². The topological polar surface area (TPSA) is 126 Å². The number of phenolic OH excluding ortho intramolecular Hbond substituents is 4. The molecule has 1 heterocycles. The van der Waals surface area contributed by atoms with Gasteiger partial charge in [-0.05, 0) is 17.5 Å². The third-order valence-electron chi connectivity index (χ3n) is 4.37. The molecule has 156 valence electrons. The van der Waals surface area contributed by atoms with Gasteiger partial charge in [-0.15, -0.1) is 0 Å². The van der Waals surface area contributed by atoms with Gasteiger partial charge in [-0.25, -0.2) is 4.79 Å². The second-order valence-electron chi connectivity index (χ2n) is 8.19. The molecule has 0 unspecified atom stereocenters. The number of carbonyl (C=O) groups is 1. The smallest absolute Gasteiger partial charge is 0.508 e. The van der Waals surface area contributed by atoms with Gasteiger partial charge >= 0.3 is 6.16 Å². The summed E-state index contributed by atoms with van der Waals surface area (Å²) >= 11 is 0. The Morgan fingerprint density at radius 1 is 1.07 bits per heavy atom. The van der Waals surface area contributed by atoms with Gasteiger partial charge in [0.15, 0.2) is 23.7 Å². The molecule has 4 N–H and O–H groups in total. The van der Waals surface area contributed by atoms with Crippen molar-refractivity contribution in [3.63, 3.8) is 0 Å². The first-order valence-electron chi connectivity index (χ1n) is 9.10. The maximum Gasteiger partial charge on any atom is 0.508 e. The number of hydrogen-bond donors (Lipinski definition) is 4. The molecular formula is C21H24O8.